The average Bonchev–Trinajstić information content (AvgIpc) is 2.32. The van der Waals surface area contributed by atoms with E-state index in [2.05, 4.69) is 0 Å². The zero-order chi connectivity index (χ0) is 13.7. The van der Waals surface area contributed by atoms with Gasteiger partial charge in [0, 0.05) is 6.42 Å². The second kappa shape index (κ2) is 6.56. The fraction of sp³-hybridized carbons (Fsp3) is 0.417. The lowest BCUT2D eigenvalue weighted by atomic mass is 10.1. The Labute approximate surface area is 110 Å². The number of ether oxygens (including phenoxy) is 2. The molecule has 0 heterocycles. The van der Waals surface area contributed by atoms with E-state index in [0.717, 1.165) is 6.07 Å². The Morgan fingerprint density at radius 3 is 2.78 bits per heavy atom. The second-order valence-corrected chi connectivity index (χ2v) is 4.05. The molecule has 1 atom stereocenters. The number of benzene rings is 1. The van der Waals surface area contributed by atoms with Crippen molar-refractivity contribution in [2.75, 3.05) is 13.7 Å². The van der Waals surface area contributed by atoms with Gasteiger partial charge in [-0.05, 0) is 24.6 Å². The van der Waals surface area contributed by atoms with Gasteiger partial charge in [0.2, 0.25) is 0 Å². The van der Waals surface area contributed by atoms with Crippen LogP contribution in [0.4, 0.5) is 4.39 Å². The van der Waals surface area contributed by atoms with E-state index in [1.54, 1.807) is 6.92 Å². The molecule has 100 valence electrons. The van der Waals surface area contributed by atoms with Crippen molar-refractivity contribution in [1.29, 1.82) is 0 Å². The summed E-state index contributed by atoms with van der Waals surface area (Å²) >= 11 is 5.76. The Hall–Kier alpha value is -1.33. The van der Waals surface area contributed by atoms with Gasteiger partial charge in [0.25, 0.3) is 0 Å². The Morgan fingerprint density at radius 2 is 2.22 bits per heavy atom. The van der Waals surface area contributed by atoms with Crippen molar-refractivity contribution < 1.29 is 18.7 Å². The van der Waals surface area contributed by atoms with E-state index in [0.29, 0.717) is 5.75 Å². The van der Waals surface area contributed by atoms with Gasteiger partial charge in [-0.3, -0.25) is 4.79 Å². The highest BCUT2D eigenvalue weighted by Crippen LogP contribution is 2.27. The van der Waals surface area contributed by atoms with Gasteiger partial charge in [0.1, 0.15) is 17.6 Å². The summed E-state index contributed by atoms with van der Waals surface area (Å²) in [6.07, 6.45) is 0.0260. The van der Waals surface area contributed by atoms with Crippen LogP contribution >= 0.6 is 11.6 Å². The van der Waals surface area contributed by atoms with Crippen LogP contribution in [0.1, 0.15) is 12.5 Å². The minimum absolute atomic E-state index is 0.0260. The van der Waals surface area contributed by atoms with Gasteiger partial charge >= 0.3 is 5.97 Å². The molecule has 0 bridgehead atoms. The van der Waals surface area contributed by atoms with Crippen LogP contribution in [0.2, 0.25) is 5.02 Å². The zero-order valence-electron chi connectivity index (χ0n) is 10.2. The largest absolute Gasteiger partial charge is 0.495 e. The average molecular weight is 276 g/mol. The number of carbonyl (C=O) groups is 1. The van der Waals surface area contributed by atoms with Gasteiger partial charge in [-0.25, -0.2) is 4.39 Å². The summed E-state index contributed by atoms with van der Waals surface area (Å²) in [5, 5.41) is 0.170. The van der Waals surface area contributed by atoms with E-state index in [9.17, 15) is 9.18 Å². The summed E-state index contributed by atoms with van der Waals surface area (Å²) in [5.41, 5.74) is 5.88. The highest BCUT2D eigenvalue weighted by Gasteiger charge is 2.18. The number of hydrogen-bond acceptors (Lipinski definition) is 4. The molecule has 1 aromatic carbocycles. The molecule has 1 rings (SSSR count). The number of hydrogen-bond donors (Lipinski definition) is 1. The van der Waals surface area contributed by atoms with Gasteiger partial charge < -0.3 is 15.2 Å². The molecule has 0 aliphatic heterocycles. The monoisotopic (exact) mass is 275 g/mol. The lowest BCUT2D eigenvalue weighted by molar-refractivity contribution is -0.144. The van der Waals surface area contributed by atoms with E-state index in [4.69, 9.17) is 26.8 Å². The molecule has 0 spiro atoms. The van der Waals surface area contributed by atoms with Crippen LogP contribution < -0.4 is 10.5 Å². The zero-order valence-corrected chi connectivity index (χ0v) is 11.0. The molecule has 18 heavy (non-hydrogen) atoms. The van der Waals surface area contributed by atoms with Crippen molar-refractivity contribution in [3.05, 3.63) is 28.5 Å². The maximum absolute atomic E-state index is 13.6. The minimum atomic E-state index is -0.912. The molecule has 0 aromatic heterocycles. The minimum Gasteiger partial charge on any atom is -0.495 e. The van der Waals surface area contributed by atoms with Crippen LogP contribution in [-0.2, 0) is 16.0 Å². The number of halogens is 2. The van der Waals surface area contributed by atoms with Crippen LogP contribution in [0.25, 0.3) is 0 Å². The third-order valence-electron chi connectivity index (χ3n) is 2.35. The smallest absolute Gasteiger partial charge is 0.323 e. The highest BCUT2D eigenvalue weighted by atomic mass is 35.5. The van der Waals surface area contributed by atoms with E-state index in [1.807, 2.05) is 0 Å². The van der Waals surface area contributed by atoms with E-state index >= 15 is 0 Å². The first-order chi connectivity index (χ1) is 8.49. The molecule has 0 saturated heterocycles. The van der Waals surface area contributed by atoms with E-state index < -0.39 is 17.8 Å². The predicted molar refractivity (Wildman–Crippen MR) is 66.3 cm³/mol. The lowest BCUT2D eigenvalue weighted by Gasteiger charge is -2.12. The molecule has 0 fully saturated rings. The normalized spacial score (nSPS) is 12.1. The maximum atomic E-state index is 13.6. The molecule has 1 unspecified atom stereocenters. The number of nitrogens with two attached hydrogens (primary N) is 1. The van der Waals surface area contributed by atoms with Crippen molar-refractivity contribution in [3.8, 4) is 5.75 Å². The predicted octanol–water partition coefficient (Wildman–Crippen LogP) is 1.92. The van der Waals surface area contributed by atoms with Crippen LogP contribution in [0.15, 0.2) is 12.1 Å². The summed E-state index contributed by atoms with van der Waals surface area (Å²) in [5.74, 6) is -0.754. The summed E-state index contributed by atoms with van der Waals surface area (Å²) < 4.78 is 23.4. The first-order valence-electron chi connectivity index (χ1n) is 5.43. The van der Waals surface area contributed by atoms with E-state index in [-0.39, 0.29) is 23.6 Å². The van der Waals surface area contributed by atoms with Crippen LogP contribution in [0, 0.1) is 5.82 Å². The van der Waals surface area contributed by atoms with Gasteiger partial charge in [0.15, 0.2) is 0 Å². The fourth-order valence-electron chi connectivity index (χ4n) is 1.45. The summed E-state index contributed by atoms with van der Waals surface area (Å²) in [4.78, 5) is 11.4. The third kappa shape index (κ3) is 3.58. The van der Waals surface area contributed by atoms with Crippen molar-refractivity contribution in [2.45, 2.75) is 19.4 Å². The Kier molecular flexibility index (Phi) is 5.37. The van der Waals surface area contributed by atoms with E-state index in [1.165, 1.54) is 13.2 Å². The lowest BCUT2D eigenvalue weighted by Crippen LogP contribution is -2.34. The molecule has 0 aliphatic carbocycles. The van der Waals surface area contributed by atoms with Gasteiger partial charge in [0.05, 0.1) is 18.7 Å². The Morgan fingerprint density at radius 1 is 1.56 bits per heavy atom. The van der Waals surface area contributed by atoms with Crippen LogP contribution in [0.5, 0.6) is 5.75 Å². The number of esters is 1. The number of carbonyl (C=O) groups excluding carboxylic acids is 1. The SMILES string of the molecule is CCOC(=O)C(N)Cc1cc(OC)c(Cl)cc1F. The topological polar surface area (TPSA) is 61.5 Å². The standard InChI is InChI=1S/C12H15ClFNO3/c1-3-18-12(16)10(15)4-7-5-11(17-2)8(13)6-9(7)14/h5-6,10H,3-4,15H2,1-2H3. The molecule has 0 amide bonds. The van der Waals surface area contributed by atoms with Gasteiger partial charge in [-0.1, -0.05) is 11.6 Å². The Bertz CT molecular complexity index is 440. The van der Waals surface area contributed by atoms with Crippen LogP contribution in [-0.4, -0.2) is 25.7 Å². The molecular formula is C12H15ClFNO3. The van der Waals surface area contributed by atoms with Crippen molar-refractivity contribution in [2.24, 2.45) is 5.73 Å². The fourth-order valence-corrected chi connectivity index (χ4v) is 1.68. The van der Waals surface area contributed by atoms with Crippen molar-refractivity contribution >= 4 is 17.6 Å². The Balaban J connectivity index is 2.87. The summed E-state index contributed by atoms with van der Waals surface area (Å²) in [7, 11) is 1.42. The molecule has 4 nitrogen and oxygen atoms in total. The van der Waals surface area contributed by atoms with Crippen molar-refractivity contribution in [3.63, 3.8) is 0 Å². The van der Waals surface area contributed by atoms with Gasteiger partial charge in [-0.15, -0.1) is 0 Å². The van der Waals surface area contributed by atoms with Gasteiger partial charge in [-0.2, -0.15) is 0 Å². The molecule has 0 saturated carbocycles. The summed E-state index contributed by atoms with van der Waals surface area (Å²) in [6, 6.07) is 1.65. The third-order valence-corrected chi connectivity index (χ3v) is 2.65. The molecule has 0 radical (unpaired) electrons. The molecule has 1 aromatic rings. The molecule has 6 heteroatoms. The van der Waals surface area contributed by atoms with Crippen molar-refractivity contribution in [1.82, 2.24) is 0 Å². The van der Waals surface area contributed by atoms with Crippen LogP contribution in [0.3, 0.4) is 0 Å². The molecule has 0 aliphatic rings. The first-order valence-corrected chi connectivity index (χ1v) is 5.81. The molecule has 2 N–H and O–H groups in total. The number of methoxy groups -OCH3 is 1. The number of rotatable bonds is 5. The second-order valence-electron chi connectivity index (χ2n) is 3.64. The maximum Gasteiger partial charge on any atom is 0.323 e. The first kappa shape index (κ1) is 14.7. The quantitative estimate of drug-likeness (QED) is 0.834. The highest BCUT2D eigenvalue weighted by molar-refractivity contribution is 6.32. The molecular weight excluding hydrogens is 261 g/mol. The summed E-state index contributed by atoms with van der Waals surface area (Å²) in [6.45, 7) is 1.91.